The van der Waals surface area contributed by atoms with Crippen LogP contribution in [0.25, 0.3) is 66.1 Å². The molecule has 0 fully saturated rings. The number of fused-ring (bicyclic) bond motifs is 6. The summed E-state index contributed by atoms with van der Waals surface area (Å²) in [6.45, 7) is 3.92. The first-order chi connectivity index (χ1) is 25.9. The quantitative estimate of drug-likeness (QED) is 0.126. The predicted octanol–water partition coefficient (Wildman–Crippen LogP) is 9.66. The number of aryl methyl sites for hydroxylation is 2. The molecule has 4 aromatic carbocycles. The average molecular weight is 897 g/mol. The minimum atomic E-state index is -3.79. The first-order valence-electron chi connectivity index (χ1n) is 16.9. The molecule has 0 bridgehead atoms. The smallest absolute Gasteiger partial charge is 0.340 e. The van der Waals surface area contributed by atoms with E-state index >= 15 is 0 Å². The molecule has 0 atom stereocenters. The second kappa shape index (κ2) is 15.5. The molecule has 0 spiro atoms. The molecule has 6 heterocycles. The topological polar surface area (TPSA) is 98.6 Å². The molecule has 10 rings (SSSR count). The summed E-state index contributed by atoms with van der Waals surface area (Å²) in [6, 6.07) is 48.0. The Hall–Kier alpha value is -5.99. The van der Waals surface area contributed by atoms with Gasteiger partial charge in [0.15, 0.2) is 9.84 Å². The zero-order chi connectivity index (χ0) is 36.4. The van der Waals surface area contributed by atoms with Gasteiger partial charge >= 0.3 is 20.1 Å². The van der Waals surface area contributed by atoms with Crippen molar-refractivity contribution < 1.29 is 28.5 Å². The predicted molar refractivity (Wildman–Crippen MR) is 209 cm³/mol. The Morgan fingerprint density at radius 3 is 1.78 bits per heavy atom. The largest absolute Gasteiger partial charge is 3.00 e. The molecule has 9 heteroatoms. The molecular weight excluding hydrogens is 867 g/mol. The van der Waals surface area contributed by atoms with Crippen LogP contribution in [0.2, 0.25) is 0 Å². The summed E-state index contributed by atoms with van der Waals surface area (Å²) in [7, 11) is -3.79. The molecule has 54 heavy (non-hydrogen) atoms. The Morgan fingerprint density at radius 1 is 0.537 bits per heavy atom. The maximum atomic E-state index is 13.5. The third-order valence-corrected chi connectivity index (χ3v) is 10.6. The second-order valence-corrected chi connectivity index (χ2v) is 14.2. The maximum Gasteiger partial charge on any atom is 3.00 e. The van der Waals surface area contributed by atoms with Crippen LogP contribution in [0, 0.1) is 32.0 Å². The van der Waals surface area contributed by atoms with E-state index in [0.717, 1.165) is 60.8 Å². The monoisotopic (exact) mass is 897 g/mol. The van der Waals surface area contributed by atoms with Gasteiger partial charge < -0.3 is 19.9 Å². The number of nitrogens with zero attached hydrogens (tertiary/aromatic N) is 5. The number of sulfone groups is 1. The molecule has 9 aromatic rings. The van der Waals surface area contributed by atoms with Gasteiger partial charge in [0.05, 0.1) is 9.92 Å². The summed E-state index contributed by atoms with van der Waals surface area (Å²) >= 11 is 0. The summed E-state index contributed by atoms with van der Waals surface area (Å²) in [5.74, 6) is 0. The van der Waals surface area contributed by atoms with Crippen LogP contribution in [0.3, 0.4) is 0 Å². The molecule has 262 valence electrons. The van der Waals surface area contributed by atoms with Gasteiger partial charge in [-0.15, -0.1) is 83.9 Å². The zero-order valence-electron chi connectivity index (χ0n) is 29.2. The summed E-state index contributed by atoms with van der Waals surface area (Å²) in [6.07, 6.45) is 6.75. The molecule has 5 aromatic heterocycles. The van der Waals surface area contributed by atoms with Crippen molar-refractivity contribution in [1.29, 1.82) is 0 Å². The summed E-state index contributed by atoms with van der Waals surface area (Å²) in [4.78, 5) is 21.9. The number of pyridine rings is 5. The molecular formula is C45H30IrN5O2S. The SMILES string of the molecule is Cc1cc2c(ccc3c4ccnc5c4c(cc23)S(=O)(=O)c2ncc[c-]c2-5)c(C)n1.[Ir+3].[c-]1ccccc1-c1ccccn1.[c-]1ccccc1-c1ccccn1. The number of rotatable bonds is 2. The van der Waals surface area contributed by atoms with E-state index in [2.05, 4.69) is 49.2 Å². The fourth-order valence-corrected chi connectivity index (χ4v) is 8.16. The van der Waals surface area contributed by atoms with Gasteiger partial charge in [-0.2, -0.15) is 0 Å². The average Bonchev–Trinajstić information content (AvgIpc) is 3.21. The third kappa shape index (κ3) is 6.93. The molecule has 1 aliphatic rings. The van der Waals surface area contributed by atoms with E-state index in [9.17, 15) is 8.42 Å². The van der Waals surface area contributed by atoms with Crippen molar-refractivity contribution in [2.45, 2.75) is 23.8 Å². The van der Waals surface area contributed by atoms with E-state index in [-0.39, 0.29) is 30.0 Å². The van der Waals surface area contributed by atoms with Gasteiger partial charge in [-0.05, 0) is 88.2 Å². The van der Waals surface area contributed by atoms with Crippen LogP contribution in [-0.2, 0) is 29.9 Å². The molecule has 0 saturated carbocycles. The summed E-state index contributed by atoms with van der Waals surface area (Å²) < 4.78 is 26.9. The number of hydrogen-bond acceptors (Lipinski definition) is 7. The van der Waals surface area contributed by atoms with Gasteiger partial charge in [-0.1, -0.05) is 48.2 Å². The maximum absolute atomic E-state index is 13.5. The van der Waals surface area contributed by atoms with Gasteiger partial charge in [0.25, 0.3) is 0 Å². The standard InChI is InChI=1S/C23H14N3O2S.2C11H8N.Ir/c1-12-10-18-14(13(2)26-12)5-6-15-16-7-9-24-22-17-4-3-8-25-23(17)29(27,28)20(21(16)22)11-19(15)18;2*1-2-6-10(7-3-1)11-8-4-5-9-12-11;/h3,5-11H,1-2H3;2*1-6,8-9H;/q3*-1;+3. The van der Waals surface area contributed by atoms with E-state index < -0.39 is 9.84 Å². The van der Waals surface area contributed by atoms with E-state index in [4.69, 9.17) is 0 Å². The van der Waals surface area contributed by atoms with Gasteiger partial charge in [-0.25, -0.2) is 8.42 Å². The van der Waals surface area contributed by atoms with Crippen LogP contribution in [-0.4, -0.2) is 33.3 Å². The Kier molecular flexibility index (Phi) is 10.5. The van der Waals surface area contributed by atoms with Crippen LogP contribution in [0.5, 0.6) is 0 Å². The van der Waals surface area contributed by atoms with E-state index in [1.165, 1.54) is 6.20 Å². The molecule has 0 amide bonds. The van der Waals surface area contributed by atoms with Crippen molar-refractivity contribution in [2.75, 3.05) is 0 Å². The van der Waals surface area contributed by atoms with Crippen molar-refractivity contribution in [3.8, 4) is 33.8 Å². The van der Waals surface area contributed by atoms with Crippen molar-refractivity contribution in [3.63, 3.8) is 0 Å². The van der Waals surface area contributed by atoms with Gasteiger partial charge in [0.1, 0.15) is 0 Å². The molecule has 0 unspecified atom stereocenters. The third-order valence-electron chi connectivity index (χ3n) is 8.93. The first kappa shape index (κ1) is 36.4. The van der Waals surface area contributed by atoms with Gasteiger partial charge in [-0.3, -0.25) is 4.98 Å². The molecule has 0 radical (unpaired) electrons. The van der Waals surface area contributed by atoms with Crippen LogP contribution >= 0.6 is 0 Å². The van der Waals surface area contributed by atoms with Crippen molar-refractivity contribution in [1.82, 2.24) is 24.9 Å². The number of hydrogen-bond donors (Lipinski definition) is 0. The Balaban J connectivity index is 0.000000148. The summed E-state index contributed by atoms with van der Waals surface area (Å²) in [5.41, 5.74) is 6.89. The van der Waals surface area contributed by atoms with Crippen LogP contribution in [0.4, 0.5) is 0 Å². The van der Waals surface area contributed by atoms with E-state index in [1.54, 1.807) is 30.7 Å². The molecule has 0 N–H and O–H groups in total. The van der Waals surface area contributed by atoms with E-state index in [1.807, 2.05) is 117 Å². The van der Waals surface area contributed by atoms with Crippen molar-refractivity contribution in [2.24, 2.45) is 0 Å². The first-order valence-corrected chi connectivity index (χ1v) is 18.4. The summed E-state index contributed by atoms with van der Waals surface area (Å²) in [5, 5.41) is 5.42. The second-order valence-electron chi connectivity index (χ2n) is 12.3. The fraction of sp³-hybridized carbons (Fsp3) is 0.0444. The van der Waals surface area contributed by atoms with Crippen LogP contribution < -0.4 is 0 Å². The van der Waals surface area contributed by atoms with E-state index in [0.29, 0.717) is 16.6 Å². The van der Waals surface area contributed by atoms with Gasteiger partial charge in [0.2, 0.25) is 0 Å². The van der Waals surface area contributed by atoms with Crippen LogP contribution in [0.1, 0.15) is 11.4 Å². The molecule has 0 aliphatic carbocycles. The fourth-order valence-electron chi connectivity index (χ4n) is 6.58. The minimum absolute atomic E-state index is 0. The van der Waals surface area contributed by atoms with Crippen molar-refractivity contribution >= 4 is 42.2 Å². The molecule has 0 saturated heterocycles. The van der Waals surface area contributed by atoms with Crippen LogP contribution in [0.15, 0.2) is 156 Å². The number of benzene rings is 4. The minimum Gasteiger partial charge on any atom is -0.340 e. The Labute approximate surface area is 327 Å². The zero-order valence-corrected chi connectivity index (χ0v) is 32.4. The Morgan fingerprint density at radius 2 is 1.17 bits per heavy atom. The molecule has 7 nitrogen and oxygen atoms in total. The Bertz CT molecular complexity index is 2710. The van der Waals surface area contributed by atoms with Crippen molar-refractivity contribution in [3.05, 3.63) is 176 Å². The van der Waals surface area contributed by atoms with Gasteiger partial charge in [0, 0.05) is 35.4 Å². The molecule has 1 aliphatic heterocycles. The normalized spacial score (nSPS) is 12.0. The number of aromatic nitrogens is 5.